The maximum atomic E-state index is 12.6. The zero-order valence-electron chi connectivity index (χ0n) is 13.2. The van der Waals surface area contributed by atoms with Gasteiger partial charge in [-0.2, -0.15) is 0 Å². The number of aliphatic hydroxyl groups excluding tert-OH is 1. The van der Waals surface area contributed by atoms with E-state index in [2.05, 4.69) is 5.32 Å². The average molecular weight is 353 g/mol. The van der Waals surface area contributed by atoms with Gasteiger partial charge in [-0.1, -0.05) is 23.7 Å². The Hall–Kier alpha value is -1.96. The van der Waals surface area contributed by atoms with Crippen LogP contribution in [0.25, 0.3) is 0 Å². The van der Waals surface area contributed by atoms with E-state index >= 15 is 0 Å². The molecule has 24 heavy (non-hydrogen) atoms. The van der Waals surface area contributed by atoms with Crippen molar-refractivity contribution in [1.29, 1.82) is 0 Å². The molecule has 1 aromatic rings. The highest BCUT2D eigenvalue weighted by Gasteiger charge is 2.68. The van der Waals surface area contributed by atoms with Gasteiger partial charge >= 0.3 is 5.97 Å². The Bertz CT molecular complexity index is 707. The molecule has 2 fully saturated rings. The molecule has 0 radical (unpaired) electrons. The van der Waals surface area contributed by atoms with E-state index in [0.717, 1.165) is 4.90 Å². The molecule has 3 rings (SSSR count). The summed E-state index contributed by atoms with van der Waals surface area (Å²) in [5, 5.41) is 13.4. The van der Waals surface area contributed by atoms with Crippen molar-refractivity contribution >= 4 is 29.4 Å². The average Bonchev–Trinajstić information content (AvgIpc) is 3.05. The molecule has 0 spiro atoms. The van der Waals surface area contributed by atoms with Crippen LogP contribution in [-0.2, 0) is 19.1 Å². The number of nitrogens with one attached hydrogen (secondary N) is 1. The van der Waals surface area contributed by atoms with Crippen molar-refractivity contribution in [3.05, 3.63) is 34.9 Å². The third kappa shape index (κ3) is 2.16. The lowest BCUT2D eigenvalue weighted by atomic mass is 9.79. The predicted octanol–water partition coefficient (Wildman–Crippen LogP) is 0.119. The van der Waals surface area contributed by atoms with Crippen molar-refractivity contribution in [2.75, 3.05) is 20.8 Å². The topological polar surface area (TPSA) is 95.9 Å². The second-order valence-electron chi connectivity index (χ2n) is 6.03. The fourth-order valence-electron chi connectivity index (χ4n) is 3.68. The van der Waals surface area contributed by atoms with Gasteiger partial charge in [0.2, 0.25) is 11.8 Å². The normalized spacial score (nSPS) is 32.2. The highest BCUT2D eigenvalue weighted by Crippen LogP contribution is 2.48. The van der Waals surface area contributed by atoms with Gasteiger partial charge in [0.15, 0.2) is 5.54 Å². The van der Waals surface area contributed by atoms with Gasteiger partial charge in [-0.05, 0) is 17.7 Å². The van der Waals surface area contributed by atoms with Crippen LogP contribution in [0.5, 0.6) is 0 Å². The zero-order valence-corrected chi connectivity index (χ0v) is 13.9. The maximum absolute atomic E-state index is 12.6. The monoisotopic (exact) mass is 352 g/mol. The van der Waals surface area contributed by atoms with E-state index in [1.54, 1.807) is 24.3 Å². The summed E-state index contributed by atoms with van der Waals surface area (Å²) >= 11 is 5.90. The number of imide groups is 1. The minimum Gasteiger partial charge on any atom is -0.468 e. The van der Waals surface area contributed by atoms with Gasteiger partial charge in [-0.25, -0.2) is 4.79 Å². The number of methoxy groups -OCH3 is 1. The van der Waals surface area contributed by atoms with Crippen molar-refractivity contribution < 1.29 is 24.2 Å². The summed E-state index contributed by atoms with van der Waals surface area (Å²) in [7, 11) is 2.55. The number of fused-ring (bicyclic) bond motifs is 1. The summed E-state index contributed by atoms with van der Waals surface area (Å²) in [4.78, 5) is 38.5. The van der Waals surface area contributed by atoms with Gasteiger partial charge in [0.1, 0.15) is 0 Å². The van der Waals surface area contributed by atoms with Gasteiger partial charge in [0, 0.05) is 18.1 Å². The Morgan fingerprint density at radius 2 is 1.96 bits per heavy atom. The van der Waals surface area contributed by atoms with E-state index in [1.165, 1.54) is 14.2 Å². The maximum Gasteiger partial charge on any atom is 0.329 e. The first kappa shape index (κ1) is 16.9. The molecule has 2 amide bonds. The molecular formula is C16H17ClN2O5. The van der Waals surface area contributed by atoms with E-state index in [4.69, 9.17) is 16.3 Å². The third-order valence-corrected chi connectivity index (χ3v) is 5.15. The number of carbonyl (C=O) groups is 3. The summed E-state index contributed by atoms with van der Waals surface area (Å²) < 4.78 is 4.79. The van der Waals surface area contributed by atoms with Crippen LogP contribution in [0.4, 0.5) is 0 Å². The van der Waals surface area contributed by atoms with E-state index in [-0.39, 0.29) is 0 Å². The van der Waals surface area contributed by atoms with Crippen LogP contribution >= 0.6 is 11.6 Å². The van der Waals surface area contributed by atoms with Crippen LogP contribution in [0.3, 0.4) is 0 Å². The largest absolute Gasteiger partial charge is 0.468 e. The molecule has 128 valence electrons. The van der Waals surface area contributed by atoms with Crippen LogP contribution in [-0.4, -0.2) is 54.1 Å². The molecule has 0 aliphatic carbocycles. The molecular weight excluding hydrogens is 336 g/mol. The Morgan fingerprint density at radius 3 is 2.50 bits per heavy atom. The molecule has 2 aliphatic rings. The fraction of sp³-hybridized carbons (Fsp3) is 0.438. The Kier molecular flexibility index (Phi) is 4.11. The summed E-state index contributed by atoms with van der Waals surface area (Å²) in [5.74, 6) is -3.49. The molecule has 2 aliphatic heterocycles. The predicted molar refractivity (Wildman–Crippen MR) is 83.9 cm³/mol. The molecule has 2 heterocycles. The van der Waals surface area contributed by atoms with Crippen LogP contribution in [0.15, 0.2) is 24.3 Å². The van der Waals surface area contributed by atoms with E-state index in [9.17, 15) is 19.5 Å². The SMILES string of the molecule is COC(=O)[C@]1(CO)N[C@H](c2ccc(Cl)cc2)[C@H]2C(=O)N(C)C(=O)[C@H]21. The van der Waals surface area contributed by atoms with Crippen molar-refractivity contribution in [2.24, 2.45) is 11.8 Å². The number of amides is 2. The van der Waals surface area contributed by atoms with Gasteiger partial charge in [-0.15, -0.1) is 0 Å². The van der Waals surface area contributed by atoms with Crippen LogP contribution < -0.4 is 5.32 Å². The highest BCUT2D eigenvalue weighted by molar-refractivity contribution is 6.30. The number of benzene rings is 1. The number of hydrogen-bond donors (Lipinski definition) is 2. The van der Waals surface area contributed by atoms with Gasteiger partial charge in [-0.3, -0.25) is 19.8 Å². The molecule has 0 saturated carbocycles. The Balaban J connectivity index is 2.12. The van der Waals surface area contributed by atoms with E-state index in [1.807, 2.05) is 0 Å². The molecule has 7 nitrogen and oxygen atoms in total. The van der Waals surface area contributed by atoms with Crippen molar-refractivity contribution in [3.8, 4) is 0 Å². The molecule has 1 aromatic carbocycles. The number of likely N-dealkylation sites (tertiary alicyclic amines) is 1. The third-order valence-electron chi connectivity index (χ3n) is 4.90. The second-order valence-corrected chi connectivity index (χ2v) is 6.47. The second kappa shape index (κ2) is 5.84. The number of carbonyl (C=O) groups excluding carboxylic acids is 3. The minimum atomic E-state index is -1.65. The number of ether oxygens (including phenoxy) is 1. The molecule has 0 aromatic heterocycles. The first-order valence-electron chi connectivity index (χ1n) is 7.41. The smallest absolute Gasteiger partial charge is 0.329 e. The lowest BCUT2D eigenvalue weighted by Crippen LogP contribution is -2.58. The fourth-order valence-corrected chi connectivity index (χ4v) is 3.81. The number of nitrogens with zero attached hydrogens (tertiary/aromatic N) is 1. The highest BCUT2D eigenvalue weighted by atomic mass is 35.5. The van der Waals surface area contributed by atoms with Crippen molar-refractivity contribution in [2.45, 2.75) is 11.6 Å². The summed E-state index contributed by atoms with van der Waals surface area (Å²) in [6, 6.07) is 6.15. The first-order valence-corrected chi connectivity index (χ1v) is 7.79. The summed E-state index contributed by atoms with van der Waals surface area (Å²) in [6.45, 7) is -0.655. The number of halogens is 1. The van der Waals surface area contributed by atoms with Crippen molar-refractivity contribution in [3.63, 3.8) is 0 Å². The zero-order chi connectivity index (χ0) is 17.6. The number of aliphatic hydroxyl groups is 1. The molecule has 4 atom stereocenters. The molecule has 2 N–H and O–H groups in total. The molecule has 0 bridgehead atoms. The standard InChI is InChI=1S/C16H17ClN2O5/c1-19-13(21)10-11(14(19)22)16(7-20,15(23)24-2)18-12(10)8-3-5-9(17)6-4-8/h3-6,10-12,18,20H,7H2,1-2H3/t10-,11-,12+,16+/m0/s1. The lowest BCUT2D eigenvalue weighted by molar-refractivity contribution is -0.156. The molecule has 2 saturated heterocycles. The Labute approximate surface area is 143 Å². The van der Waals surface area contributed by atoms with Crippen molar-refractivity contribution in [1.82, 2.24) is 10.2 Å². The lowest BCUT2D eigenvalue weighted by Gasteiger charge is -2.29. The number of hydrogen-bond acceptors (Lipinski definition) is 6. The number of rotatable bonds is 3. The van der Waals surface area contributed by atoms with Crippen LogP contribution in [0.1, 0.15) is 11.6 Å². The minimum absolute atomic E-state index is 0.392. The van der Waals surface area contributed by atoms with Gasteiger partial charge < -0.3 is 9.84 Å². The summed E-state index contributed by atoms with van der Waals surface area (Å²) in [6.07, 6.45) is 0. The first-order chi connectivity index (χ1) is 11.4. The van der Waals surface area contributed by atoms with E-state index in [0.29, 0.717) is 10.6 Å². The molecule has 0 unspecified atom stereocenters. The van der Waals surface area contributed by atoms with E-state index < -0.39 is 47.8 Å². The summed E-state index contributed by atoms with van der Waals surface area (Å²) in [5.41, 5.74) is -0.952. The van der Waals surface area contributed by atoms with Gasteiger partial charge in [0.05, 0.1) is 25.6 Å². The number of esters is 1. The van der Waals surface area contributed by atoms with Crippen LogP contribution in [0, 0.1) is 11.8 Å². The van der Waals surface area contributed by atoms with Gasteiger partial charge in [0.25, 0.3) is 0 Å². The van der Waals surface area contributed by atoms with Crippen LogP contribution in [0.2, 0.25) is 5.02 Å². The quantitative estimate of drug-likeness (QED) is 0.592. The Morgan fingerprint density at radius 1 is 1.33 bits per heavy atom. The molecule has 8 heteroatoms.